The van der Waals surface area contributed by atoms with E-state index in [0.29, 0.717) is 12.1 Å². The molecule has 1 heterocycles. The lowest BCUT2D eigenvalue weighted by molar-refractivity contribution is 0.0971. The first-order chi connectivity index (χ1) is 10.0. The minimum atomic E-state index is 0.435. The number of likely N-dealkylation sites (N-methyl/N-ethyl adjacent to an activating group) is 2. The number of benzene rings is 1. The van der Waals surface area contributed by atoms with Crippen LogP contribution in [0.2, 0.25) is 0 Å². The van der Waals surface area contributed by atoms with E-state index in [1.54, 1.807) is 0 Å². The summed E-state index contributed by atoms with van der Waals surface area (Å²) in [5.41, 5.74) is 4.19. The van der Waals surface area contributed by atoms with Crippen LogP contribution in [0.3, 0.4) is 0 Å². The van der Waals surface area contributed by atoms with Crippen molar-refractivity contribution < 1.29 is 0 Å². The van der Waals surface area contributed by atoms with E-state index in [1.807, 2.05) is 0 Å². The second-order valence-corrected chi connectivity index (χ2v) is 6.54. The van der Waals surface area contributed by atoms with Crippen molar-refractivity contribution in [3.05, 3.63) is 34.9 Å². The van der Waals surface area contributed by atoms with Gasteiger partial charge < -0.3 is 10.2 Å². The predicted molar refractivity (Wildman–Crippen MR) is 90.9 cm³/mol. The molecule has 2 unspecified atom stereocenters. The van der Waals surface area contributed by atoms with Crippen LogP contribution in [-0.4, -0.2) is 55.6 Å². The van der Waals surface area contributed by atoms with Crippen LogP contribution in [0.4, 0.5) is 0 Å². The van der Waals surface area contributed by atoms with Crippen LogP contribution in [0.1, 0.15) is 36.6 Å². The molecular weight excluding hydrogens is 258 g/mol. The van der Waals surface area contributed by atoms with Gasteiger partial charge >= 0.3 is 0 Å². The van der Waals surface area contributed by atoms with E-state index in [9.17, 15) is 0 Å². The fourth-order valence-corrected chi connectivity index (χ4v) is 3.06. The smallest absolute Gasteiger partial charge is 0.0449 e. The molecule has 2 rings (SSSR count). The maximum Gasteiger partial charge on any atom is 0.0449 e. The second kappa shape index (κ2) is 7.39. The van der Waals surface area contributed by atoms with Crippen LogP contribution < -0.4 is 5.32 Å². The molecule has 1 aromatic rings. The van der Waals surface area contributed by atoms with Gasteiger partial charge in [0.15, 0.2) is 0 Å². The molecule has 118 valence electrons. The van der Waals surface area contributed by atoms with Crippen LogP contribution in [0.5, 0.6) is 0 Å². The number of nitrogens with zero attached hydrogens (tertiary/aromatic N) is 2. The highest BCUT2D eigenvalue weighted by Gasteiger charge is 2.23. The van der Waals surface area contributed by atoms with Gasteiger partial charge in [0.05, 0.1) is 0 Å². The maximum absolute atomic E-state index is 3.66. The number of piperazine rings is 1. The molecule has 0 amide bonds. The van der Waals surface area contributed by atoms with Crippen molar-refractivity contribution in [2.24, 2.45) is 0 Å². The summed E-state index contributed by atoms with van der Waals surface area (Å²) in [5, 5.41) is 3.66. The van der Waals surface area contributed by atoms with Crippen molar-refractivity contribution >= 4 is 0 Å². The number of aryl methyl sites for hydroxylation is 2. The van der Waals surface area contributed by atoms with Crippen LogP contribution in [0.15, 0.2) is 18.2 Å². The number of hydrogen-bond donors (Lipinski definition) is 1. The molecule has 0 saturated carbocycles. The van der Waals surface area contributed by atoms with Gasteiger partial charge in [0.1, 0.15) is 0 Å². The average molecular weight is 289 g/mol. The van der Waals surface area contributed by atoms with Crippen molar-refractivity contribution in [1.82, 2.24) is 15.1 Å². The molecule has 0 aromatic heterocycles. The van der Waals surface area contributed by atoms with E-state index in [1.165, 1.54) is 36.3 Å². The van der Waals surface area contributed by atoms with E-state index >= 15 is 0 Å². The van der Waals surface area contributed by atoms with Gasteiger partial charge in [-0.15, -0.1) is 0 Å². The molecule has 3 nitrogen and oxygen atoms in total. The van der Waals surface area contributed by atoms with Gasteiger partial charge in [0.2, 0.25) is 0 Å². The van der Waals surface area contributed by atoms with Crippen LogP contribution >= 0.6 is 0 Å². The summed E-state index contributed by atoms with van der Waals surface area (Å²) in [7, 11) is 2.23. The Morgan fingerprint density at radius 3 is 2.62 bits per heavy atom. The third-order valence-corrected chi connectivity index (χ3v) is 4.87. The Morgan fingerprint density at radius 1 is 1.24 bits per heavy atom. The number of hydrogen-bond acceptors (Lipinski definition) is 3. The minimum absolute atomic E-state index is 0.435. The molecular formula is C18H31N3. The Bertz CT molecular complexity index is 458. The molecule has 0 aliphatic carbocycles. The monoisotopic (exact) mass is 289 g/mol. The summed E-state index contributed by atoms with van der Waals surface area (Å²) < 4.78 is 0. The molecule has 1 fully saturated rings. The third kappa shape index (κ3) is 4.29. The van der Waals surface area contributed by atoms with Crippen molar-refractivity contribution in [2.45, 2.75) is 39.8 Å². The normalized spacial score (nSPS) is 22.4. The summed E-state index contributed by atoms with van der Waals surface area (Å²) in [6, 6.07) is 7.98. The Morgan fingerprint density at radius 2 is 2.00 bits per heavy atom. The van der Waals surface area contributed by atoms with E-state index in [-0.39, 0.29) is 0 Å². The third-order valence-electron chi connectivity index (χ3n) is 4.87. The topological polar surface area (TPSA) is 18.5 Å². The van der Waals surface area contributed by atoms with Crippen molar-refractivity contribution in [2.75, 3.05) is 39.8 Å². The highest BCUT2D eigenvalue weighted by molar-refractivity contribution is 5.32. The molecule has 1 N–H and O–H groups in total. The zero-order valence-electron chi connectivity index (χ0n) is 14.3. The van der Waals surface area contributed by atoms with Gasteiger partial charge in [-0.3, -0.25) is 4.90 Å². The highest BCUT2D eigenvalue weighted by Crippen LogP contribution is 2.19. The molecule has 1 saturated heterocycles. The first-order valence-corrected chi connectivity index (χ1v) is 8.24. The van der Waals surface area contributed by atoms with E-state index in [0.717, 1.165) is 13.1 Å². The molecule has 0 radical (unpaired) electrons. The Balaban J connectivity index is 2.06. The van der Waals surface area contributed by atoms with E-state index in [4.69, 9.17) is 0 Å². The van der Waals surface area contributed by atoms with Gasteiger partial charge in [-0.25, -0.2) is 0 Å². The fourth-order valence-electron chi connectivity index (χ4n) is 3.06. The molecule has 1 aliphatic heterocycles. The van der Waals surface area contributed by atoms with E-state index < -0.39 is 0 Å². The Labute approximate surface area is 130 Å². The molecule has 1 aliphatic rings. The first-order valence-electron chi connectivity index (χ1n) is 8.24. The Hall–Kier alpha value is -0.900. The van der Waals surface area contributed by atoms with Gasteiger partial charge in [-0.2, -0.15) is 0 Å². The lowest BCUT2D eigenvalue weighted by Gasteiger charge is -2.39. The van der Waals surface area contributed by atoms with Crippen LogP contribution in [0, 0.1) is 13.8 Å². The summed E-state index contributed by atoms with van der Waals surface area (Å²) in [5.74, 6) is 0. The second-order valence-electron chi connectivity index (χ2n) is 6.54. The summed E-state index contributed by atoms with van der Waals surface area (Å²) in [4.78, 5) is 5.06. The van der Waals surface area contributed by atoms with Gasteiger partial charge in [-0.05, 0) is 51.1 Å². The summed E-state index contributed by atoms with van der Waals surface area (Å²) in [6.45, 7) is 14.5. The zero-order valence-corrected chi connectivity index (χ0v) is 14.3. The molecule has 3 heteroatoms. The molecule has 1 aromatic carbocycles. The standard InChI is InChI=1S/C18H31N3/c1-6-19-18(17-8-7-14(2)15(3)11-17)13-21-10-9-20(5)16(4)12-21/h7-8,11,16,18-19H,6,9-10,12-13H2,1-5H3. The highest BCUT2D eigenvalue weighted by atomic mass is 15.3. The molecule has 0 bridgehead atoms. The van der Waals surface area contributed by atoms with Gasteiger partial charge in [0, 0.05) is 38.3 Å². The molecule has 2 atom stereocenters. The quantitative estimate of drug-likeness (QED) is 0.899. The number of nitrogens with one attached hydrogen (secondary N) is 1. The van der Waals surface area contributed by atoms with Gasteiger partial charge in [0.25, 0.3) is 0 Å². The van der Waals surface area contributed by atoms with Crippen LogP contribution in [-0.2, 0) is 0 Å². The largest absolute Gasteiger partial charge is 0.309 e. The lowest BCUT2D eigenvalue weighted by atomic mass is 10.00. The van der Waals surface area contributed by atoms with Crippen molar-refractivity contribution in [3.8, 4) is 0 Å². The van der Waals surface area contributed by atoms with E-state index in [2.05, 4.69) is 68.1 Å². The van der Waals surface area contributed by atoms with Gasteiger partial charge in [-0.1, -0.05) is 25.1 Å². The van der Waals surface area contributed by atoms with Crippen molar-refractivity contribution in [3.63, 3.8) is 0 Å². The number of rotatable bonds is 5. The Kier molecular flexibility index (Phi) is 5.80. The fraction of sp³-hybridized carbons (Fsp3) is 0.667. The zero-order chi connectivity index (χ0) is 15.4. The average Bonchev–Trinajstić information content (AvgIpc) is 2.45. The lowest BCUT2D eigenvalue weighted by Crippen LogP contribution is -2.51. The summed E-state index contributed by atoms with van der Waals surface area (Å²) >= 11 is 0. The predicted octanol–water partition coefficient (Wildman–Crippen LogP) is 2.59. The SMILES string of the molecule is CCNC(CN1CCN(C)C(C)C1)c1ccc(C)c(C)c1. The molecule has 21 heavy (non-hydrogen) atoms. The van der Waals surface area contributed by atoms with Crippen molar-refractivity contribution in [1.29, 1.82) is 0 Å². The molecule has 0 spiro atoms. The first kappa shape index (κ1) is 16.5. The summed E-state index contributed by atoms with van der Waals surface area (Å²) in [6.07, 6.45) is 0. The van der Waals surface area contributed by atoms with Crippen LogP contribution in [0.25, 0.3) is 0 Å². The maximum atomic E-state index is 3.66. The minimum Gasteiger partial charge on any atom is -0.309 e.